The van der Waals surface area contributed by atoms with Crippen molar-refractivity contribution in [1.82, 2.24) is 4.98 Å². The Bertz CT molecular complexity index is 574. The van der Waals surface area contributed by atoms with E-state index in [1.807, 2.05) is 25.3 Å². The van der Waals surface area contributed by atoms with E-state index < -0.39 is 0 Å². The summed E-state index contributed by atoms with van der Waals surface area (Å²) in [5.41, 5.74) is 2.46. The molecule has 2 rings (SSSR count). The maximum Gasteiger partial charge on any atom is 0.136 e. The van der Waals surface area contributed by atoms with Gasteiger partial charge in [-0.05, 0) is 23.5 Å². The summed E-state index contributed by atoms with van der Waals surface area (Å²) in [5, 5.41) is 1.23. The maximum absolute atomic E-state index is 12.2. The molecule has 102 valence electrons. The predicted octanol–water partition coefficient (Wildman–Crippen LogP) is 4.35. The lowest BCUT2D eigenvalue weighted by Gasteiger charge is -2.19. The van der Waals surface area contributed by atoms with Gasteiger partial charge in [0, 0.05) is 29.4 Å². The van der Waals surface area contributed by atoms with E-state index in [4.69, 9.17) is 0 Å². The van der Waals surface area contributed by atoms with Gasteiger partial charge in [-0.25, -0.2) is 0 Å². The summed E-state index contributed by atoms with van der Waals surface area (Å²) in [7, 11) is 0. The Hall–Kier alpha value is -1.57. The third-order valence-corrected chi connectivity index (χ3v) is 3.46. The molecule has 0 saturated heterocycles. The molecule has 2 heteroatoms. The second kappa shape index (κ2) is 5.20. The van der Waals surface area contributed by atoms with E-state index in [9.17, 15) is 4.79 Å². The average molecular weight is 257 g/mol. The molecule has 1 unspecified atom stereocenters. The third kappa shape index (κ3) is 3.46. The van der Waals surface area contributed by atoms with Gasteiger partial charge in [-0.2, -0.15) is 0 Å². The number of carbonyl (C=O) groups excluding carboxylic acids is 1. The molecule has 0 fully saturated rings. The lowest BCUT2D eigenvalue weighted by molar-refractivity contribution is -0.124. The van der Waals surface area contributed by atoms with Crippen LogP contribution < -0.4 is 0 Å². The van der Waals surface area contributed by atoms with E-state index in [1.54, 1.807) is 0 Å². The number of para-hydroxylation sites is 1. The Balaban J connectivity index is 2.10. The molecule has 2 aromatic rings. The summed E-state index contributed by atoms with van der Waals surface area (Å²) in [6.07, 6.45) is 3.50. The van der Waals surface area contributed by atoms with Crippen molar-refractivity contribution < 1.29 is 4.79 Å². The fraction of sp³-hybridized carbons (Fsp3) is 0.471. The maximum atomic E-state index is 12.2. The van der Waals surface area contributed by atoms with Crippen molar-refractivity contribution in [3.05, 3.63) is 36.0 Å². The van der Waals surface area contributed by atoms with Gasteiger partial charge in [0.1, 0.15) is 5.78 Å². The van der Waals surface area contributed by atoms with Crippen LogP contribution in [0.25, 0.3) is 10.9 Å². The number of Topliss-reactive ketones (excluding diaryl/α,β-unsaturated/α-hetero) is 1. The standard InChI is InChI=1S/C17H23NO/c1-12(16(19)10-17(2,3)4)9-13-11-18-15-8-6-5-7-14(13)15/h5-8,11-12,18H,9-10H2,1-4H3. The van der Waals surface area contributed by atoms with Crippen LogP contribution in [0.1, 0.15) is 39.7 Å². The van der Waals surface area contributed by atoms with Crippen molar-refractivity contribution in [3.8, 4) is 0 Å². The van der Waals surface area contributed by atoms with Gasteiger partial charge in [0.2, 0.25) is 0 Å². The summed E-state index contributed by atoms with van der Waals surface area (Å²) in [6.45, 7) is 8.38. The number of rotatable bonds is 4. The first kappa shape index (κ1) is 13.9. The normalized spacial score (nSPS) is 13.7. The van der Waals surface area contributed by atoms with Crippen LogP contribution in [-0.2, 0) is 11.2 Å². The van der Waals surface area contributed by atoms with Gasteiger partial charge >= 0.3 is 0 Å². The summed E-state index contributed by atoms with van der Waals surface area (Å²) >= 11 is 0. The van der Waals surface area contributed by atoms with Crippen molar-refractivity contribution in [3.63, 3.8) is 0 Å². The van der Waals surface area contributed by atoms with Crippen LogP contribution in [0, 0.1) is 11.3 Å². The Kier molecular flexibility index (Phi) is 3.79. The minimum absolute atomic E-state index is 0.0750. The molecule has 1 aromatic heterocycles. The highest BCUT2D eigenvalue weighted by atomic mass is 16.1. The van der Waals surface area contributed by atoms with E-state index in [0.717, 1.165) is 11.9 Å². The van der Waals surface area contributed by atoms with Gasteiger partial charge in [0.15, 0.2) is 0 Å². The highest BCUT2D eigenvalue weighted by molar-refractivity contribution is 5.85. The zero-order valence-electron chi connectivity index (χ0n) is 12.3. The first-order valence-corrected chi connectivity index (χ1v) is 6.94. The van der Waals surface area contributed by atoms with Crippen molar-refractivity contribution in [1.29, 1.82) is 0 Å². The van der Waals surface area contributed by atoms with Crippen molar-refractivity contribution in [2.24, 2.45) is 11.3 Å². The molecule has 0 aliphatic heterocycles. The largest absolute Gasteiger partial charge is 0.361 e. The van der Waals surface area contributed by atoms with E-state index in [0.29, 0.717) is 12.2 Å². The molecular weight excluding hydrogens is 234 g/mol. The monoisotopic (exact) mass is 257 g/mol. The Morgan fingerprint density at radius 1 is 1.26 bits per heavy atom. The second-order valence-corrected chi connectivity index (χ2v) is 6.67. The van der Waals surface area contributed by atoms with Gasteiger partial charge in [-0.15, -0.1) is 0 Å². The molecule has 0 radical (unpaired) electrons. The lowest BCUT2D eigenvalue weighted by atomic mass is 9.84. The minimum Gasteiger partial charge on any atom is -0.361 e. The lowest BCUT2D eigenvalue weighted by Crippen LogP contribution is -2.20. The van der Waals surface area contributed by atoms with E-state index in [-0.39, 0.29) is 11.3 Å². The fourth-order valence-electron chi connectivity index (χ4n) is 2.44. The Morgan fingerprint density at radius 3 is 2.63 bits per heavy atom. The highest BCUT2D eigenvalue weighted by Crippen LogP contribution is 2.25. The predicted molar refractivity (Wildman–Crippen MR) is 80.2 cm³/mol. The number of ketones is 1. The van der Waals surface area contributed by atoms with Gasteiger partial charge in [-0.3, -0.25) is 4.79 Å². The number of aromatic nitrogens is 1. The van der Waals surface area contributed by atoms with E-state index >= 15 is 0 Å². The first-order valence-electron chi connectivity index (χ1n) is 6.94. The number of aromatic amines is 1. The topological polar surface area (TPSA) is 32.9 Å². The quantitative estimate of drug-likeness (QED) is 0.867. The summed E-state index contributed by atoms with van der Waals surface area (Å²) in [4.78, 5) is 15.5. The molecule has 0 aliphatic carbocycles. The number of benzene rings is 1. The first-order chi connectivity index (χ1) is 8.87. The van der Waals surface area contributed by atoms with Gasteiger partial charge in [0.05, 0.1) is 0 Å². The average Bonchev–Trinajstić information content (AvgIpc) is 2.70. The van der Waals surface area contributed by atoms with E-state index in [1.165, 1.54) is 10.9 Å². The molecular formula is C17H23NO. The van der Waals surface area contributed by atoms with Crippen LogP contribution >= 0.6 is 0 Å². The molecule has 0 aliphatic rings. The fourth-order valence-corrected chi connectivity index (χ4v) is 2.44. The molecule has 2 nitrogen and oxygen atoms in total. The molecule has 0 spiro atoms. The van der Waals surface area contributed by atoms with Crippen molar-refractivity contribution in [2.75, 3.05) is 0 Å². The SMILES string of the molecule is CC(Cc1c[nH]c2ccccc12)C(=O)CC(C)(C)C. The Labute approximate surface area is 115 Å². The van der Waals surface area contributed by atoms with Crippen molar-refractivity contribution in [2.45, 2.75) is 40.5 Å². The molecule has 0 saturated carbocycles. The molecule has 1 atom stereocenters. The number of hydrogen-bond acceptors (Lipinski definition) is 1. The molecule has 1 N–H and O–H groups in total. The minimum atomic E-state index is 0.0750. The molecule has 19 heavy (non-hydrogen) atoms. The third-order valence-electron chi connectivity index (χ3n) is 3.46. The van der Waals surface area contributed by atoms with E-state index in [2.05, 4.69) is 37.9 Å². The number of nitrogens with one attached hydrogen (secondary N) is 1. The number of carbonyl (C=O) groups is 1. The molecule has 0 bridgehead atoms. The van der Waals surface area contributed by atoms with Crippen LogP contribution in [0.4, 0.5) is 0 Å². The van der Waals surface area contributed by atoms with Gasteiger partial charge in [0.25, 0.3) is 0 Å². The number of H-pyrrole nitrogens is 1. The van der Waals surface area contributed by atoms with Crippen molar-refractivity contribution >= 4 is 16.7 Å². The summed E-state index contributed by atoms with van der Waals surface area (Å²) < 4.78 is 0. The zero-order valence-corrected chi connectivity index (χ0v) is 12.3. The van der Waals surface area contributed by atoms with Crippen LogP contribution in [-0.4, -0.2) is 10.8 Å². The van der Waals surface area contributed by atoms with Crippen LogP contribution in [0.5, 0.6) is 0 Å². The highest BCUT2D eigenvalue weighted by Gasteiger charge is 2.21. The van der Waals surface area contributed by atoms with Gasteiger partial charge in [-0.1, -0.05) is 45.9 Å². The number of hydrogen-bond donors (Lipinski definition) is 1. The Morgan fingerprint density at radius 2 is 1.95 bits per heavy atom. The van der Waals surface area contributed by atoms with Gasteiger partial charge < -0.3 is 4.98 Å². The summed E-state index contributed by atoms with van der Waals surface area (Å²) in [5.74, 6) is 0.441. The zero-order chi connectivity index (χ0) is 14.0. The number of fused-ring (bicyclic) bond motifs is 1. The molecule has 1 heterocycles. The smallest absolute Gasteiger partial charge is 0.136 e. The van der Waals surface area contributed by atoms with Crippen LogP contribution in [0.3, 0.4) is 0 Å². The second-order valence-electron chi connectivity index (χ2n) is 6.67. The molecule has 1 aromatic carbocycles. The molecule has 0 amide bonds. The summed E-state index contributed by atoms with van der Waals surface area (Å²) in [6, 6.07) is 8.25. The van der Waals surface area contributed by atoms with Crippen LogP contribution in [0.2, 0.25) is 0 Å². The van der Waals surface area contributed by atoms with Crippen LogP contribution in [0.15, 0.2) is 30.5 Å².